The molecule has 1 saturated carbocycles. The average molecular weight is 335 g/mol. The molecule has 1 aromatic rings. The van der Waals surface area contributed by atoms with Gasteiger partial charge in [-0.3, -0.25) is 4.79 Å². The van der Waals surface area contributed by atoms with Gasteiger partial charge < -0.3 is 10.6 Å². The van der Waals surface area contributed by atoms with Gasteiger partial charge in [-0.05, 0) is 56.8 Å². The van der Waals surface area contributed by atoms with Crippen LogP contribution in [0.5, 0.6) is 0 Å². The molecule has 20 heavy (non-hydrogen) atoms. The molecule has 2 atom stereocenters. The van der Waals surface area contributed by atoms with Crippen LogP contribution in [-0.2, 0) is 4.79 Å². The summed E-state index contributed by atoms with van der Waals surface area (Å²) in [5.74, 6) is 0.450. The summed E-state index contributed by atoms with van der Waals surface area (Å²) in [5, 5.41) is 6.50. The third kappa shape index (κ3) is 3.14. The molecule has 2 heterocycles. The fourth-order valence-corrected chi connectivity index (χ4v) is 4.21. The maximum Gasteiger partial charge on any atom is 0.224 e. The smallest absolute Gasteiger partial charge is 0.224 e. The van der Waals surface area contributed by atoms with Crippen molar-refractivity contribution in [3.8, 4) is 0 Å². The van der Waals surface area contributed by atoms with Gasteiger partial charge in [0, 0.05) is 10.8 Å². The molecule has 6 heteroatoms. The van der Waals surface area contributed by atoms with E-state index in [0.29, 0.717) is 5.41 Å². The zero-order chi connectivity index (χ0) is 13.5. The van der Waals surface area contributed by atoms with Crippen molar-refractivity contribution in [1.29, 1.82) is 0 Å². The van der Waals surface area contributed by atoms with E-state index in [9.17, 15) is 4.79 Å². The van der Waals surface area contributed by atoms with Gasteiger partial charge in [0.15, 0.2) is 0 Å². The van der Waals surface area contributed by atoms with Crippen LogP contribution in [0.1, 0.15) is 37.1 Å². The molecule has 0 aromatic carbocycles. The van der Waals surface area contributed by atoms with Crippen molar-refractivity contribution in [2.24, 2.45) is 11.3 Å². The van der Waals surface area contributed by atoms with E-state index in [4.69, 9.17) is 11.6 Å². The first-order chi connectivity index (χ1) is 9.11. The number of amides is 1. The number of rotatable bonds is 3. The summed E-state index contributed by atoms with van der Waals surface area (Å²) in [5.41, 5.74) is 0.308. The molecule has 2 aliphatic rings. The van der Waals surface area contributed by atoms with E-state index in [-0.39, 0.29) is 30.3 Å². The molecule has 1 aliphatic carbocycles. The van der Waals surface area contributed by atoms with Gasteiger partial charge >= 0.3 is 0 Å². The first-order valence-corrected chi connectivity index (χ1v) is 8.06. The highest BCUT2D eigenvalue weighted by atomic mass is 35.5. The fraction of sp³-hybridized carbons (Fsp3) is 0.643. The van der Waals surface area contributed by atoms with Crippen molar-refractivity contribution >= 4 is 41.3 Å². The van der Waals surface area contributed by atoms with Crippen molar-refractivity contribution in [2.75, 3.05) is 13.1 Å². The lowest BCUT2D eigenvalue weighted by Gasteiger charge is -2.23. The minimum atomic E-state index is 0. The lowest BCUT2D eigenvalue weighted by Crippen LogP contribution is -2.34. The second-order valence-electron chi connectivity index (χ2n) is 5.74. The third-order valence-electron chi connectivity index (χ3n) is 4.49. The Hall–Kier alpha value is -0.290. The number of hydrogen-bond acceptors (Lipinski definition) is 3. The van der Waals surface area contributed by atoms with Crippen molar-refractivity contribution in [1.82, 2.24) is 10.6 Å². The monoisotopic (exact) mass is 334 g/mol. The van der Waals surface area contributed by atoms with Crippen molar-refractivity contribution in [3.63, 3.8) is 0 Å². The van der Waals surface area contributed by atoms with E-state index >= 15 is 0 Å². The average Bonchev–Trinajstić information content (AvgIpc) is 2.89. The molecule has 0 radical (unpaired) electrons. The topological polar surface area (TPSA) is 41.1 Å². The van der Waals surface area contributed by atoms with Crippen LogP contribution in [-0.4, -0.2) is 19.0 Å². The number of thiophene rings is 1. The molecule has 3 rings (SSSR count). The fourth-order valence-electron chi connectivity index (χ4n) is 3.14. The Bertz CT molecular complexity index is 485. The zero-order valence-corrected chi connectivity index (χ0v) is 13.8. The first kappa shape index (κ1) is 16.1. The molecule has 2 unspecified atom stereocenters. The van der Waals surface area contributed by atoms with Crippen LogP contribution in [0.15, 0.2) is 12.1 Å². The Morgan fingerprint density at radius 1 is 1.50 bits per heavy atom. The molecule has 2 N–H and O–H groups in total. The summed E-state index contributed by atoms with van der Waals surface area (Å²) in [6, 6.07) is 3.94. The SMILES string of the molecule is CC(NC(=O)C1CC12CCNCC2)c1ccc(Cl)s1.Cl. The molecular weight excluding hydrogens is 315 g/mol. The summed E-state index contributed by atoms with van der Waals surface area (Å²) in [7, 11) is 0. The molecule has 2 fully saturated rings. The molecular formula is C14H20Cl2N2OS. The van der Waals surface area contributed by atoms with Crippen LogP contribution >= 0.6 is 35.3 Å². The quantitative estimate of drug-likeness (QED) is 0.889. The van der Waals surface area contributed by atoms with Gasteiger partial charge in [-0.25, -0.2) is 0 Å². The number of carbonyl (C=O) groups excluding carboxylic acids is 1. The van der Waals surface area contributed by atoms with Crippen molar-refractivity contribution in [2.45, 2.75) is 32.2 Å². The Kier molecular flexibility index (Phi) is 5.00. The molecule has 3 nitrogen and oxygen atoms in total. The molecule has 1 amide bonds. The lowest BCUT2D eigenvalue weighted by atomic mass is 9.91. The van der Waals surface area contributed by atoms with E-state index in [1.807, 2.05) is 19.1 Å². The maximum absolute atomic E-state index is 12.3. The van der Waals surface area contributed by atoms with Crippen LogP contribution in [0.4, 0.5) is 0 Å². The van der Waals surface area contributed by atoms with Gasteiger partial charge in [0.1, 0.15) is 0 Å². The van der Waals surface area contributed by atoms with E-state index < -0.39 is 0 Å². The van der Waals surface area contributed by atoms with Crippen molar-refractivity contribution in [3.05, 3.63) is 21.3 Å². The summed E-state index contributed by atoms with van der Waals surface area (Å²) in [6.45, 7) is 4.14. The Morgan fingerprint density at radius 2 is 2.20 bits per heavy atom. The van der Waals surface area contributed by atoms with E-state index in [1.54, 1.807) is 0 Å². The van der Waals surface area contributed by atoms with E-state index in [2.05, 4.69) is 10.6 Å². The van der Waals surface area contributed by atoms with Gasteiger partial charge in [0.05, 0.1) is 10.4 Å². The number of nitrogens with one attached hydrogen (secondary N) is 2. The molecule has 0 bridgehead atoms. The van der Waals surface area contributed by atoms with Gasteiger partial charge in [-0.2, -0.15) is 0 Å². The third-order valence-corrected chi connectivity index (χ3v) is 5.90. The van der Waals surface area contributed by atoms with Gasteiger partial charge in [0.25, 0.3) is 0 Å². The van der Waals surface area contributed by atoms with Crippen LogP contribution in [0.3, 0.4) is 0 Å². The minimum Gasteiger partial charge on any atom is -0.349 e. The van der Waals surface area contributed by atoms with Crippen LogP contribution in [0.25, 0.3) is 0 Å². The summed E-state index contributed by atoms with van der Waals surface area (Å²) in [6.07, 6.45) is 3.35. The predicted octanol–water partition coefficient (Wildman–Crippen LogP) is 3.39. The highest BCUT2D eigenvalue weighted by molar-refractivity contribution is 7.16. The normalized spacial score (nSPS) is 24.8. The van der Waals surface area contributed by atoms with Gasteiger partial charge in [-0.15, -0.1) is 23.7 Å². The molecule has 112 valence electrons. The second kappa shape index (κ2) is 6.22. The van der Waals surface area contributed by atoms with Gasteiger partial charge in [-0.1, -0.05) is 11.6 Å². The van der Waals surface area contributed by atoms with Crippen molar-refractivity contribution < 1.29 is 4.79 Å². The highest BCUT2D eigenvalue weighted by Crippen LogP contribution is 2.58. The summed E-state index contributed by atoms with van der Waals surface area (Å²) < 4.78 is 0.775. The second-order valence-corrected chi connectivity index (χ2v) is 7.49. The summed E-state index contributed by atoms with van der Waals surface area (Å²) in [4.78, 5) is 13.4. The largest absolute Gasteiger partial charge is 0.349 e. The highest BCUT2D eigenvalue weighted by Gasteiger charge is 2.57. The number of hydrogen-bond donors (Lipinski definition) is 2. The number of halogens is 2. The summed E-state index contributed by atoms with van der Waals surface area (Å²) >= 11 is 7.47. The van der Waals surface area contributed by atoms with E-state index in [1.165, 1.54) is 11.3 Å². The van der Waals surface area contributed by atoms with Gasteiger partial charge in [0.2, 0.25) is 5.91 Å². The maximum atomic E-state index is 12.3. The Balaban J connectivity index is 0.00000147. The Labute approximate surface area is 134 Å². The molecule has 1 aliphatic heterocycles. The number of piperidine rings is 1. The standard InChI is InChI=1S/C14H19ClN2OS.ClH/c1-9(11-2-3-12(15)19-11)17-13(18)10-8-14(10)4-6-16-7-5-14;/h2-3,9-10,16H,4-8H2,1H3,(H,17,18);1H. The molecule has 1 aromatic heterocycles. The first-order valence-electron chi connectivity index (χ1n) is 6.87. The Morgan fingerprint density at radius 3 is 2.80 bits per heavy atom. The van der Waals surface area contributed by atoms with Crippen LogP contribution < -0.4 is 10.6 Å². The molecule has 1 spiro atoms. The lowest BCUT2D eigenvalue weighted by molar-refractivity contribution is -0.123. The number of carbonyl (C=O) groups is 1. The predicted molar refractivity (Wildman–Crippen MR) is 85.8 cm³/mol. The van der Waals surface area contributed by atoms with Crippen LogP contribution in [0, 0.1) is 11.3 Å². The zero-order valence-electron chi connectivity index (χ0n) is 11.4. The van der Waals surface area contributed by atoms with E-state index in [0.717, 1.165) is 41.6 Å². The molecule has 1 saturated heterocycles. The van der Waals surface area contributed by atoms with Crippen LogP contribution in [0.2, 0.25) is 4.34 Å². The minimum absolute atomic E-state index is 0.